The summed E-state index contributed by atoms with van der Waals surface area (Å²) in [6, 6.07) is 0. The van der Waals surface area contributed by atoms with Crippen LogP contribution >= 0.6 is 0 Å². The van der Waals surface area contributed by atoms with Gasteiger partial charge in [-0.2, -0.15) is 10.2 Å². The van der Waals surface area contributed by atoms with Crippen molar-refractivity contribution < 1.29 is 9.59 Å². The van der Waals surface area contributed by atoms with Crippen LogP contribution in [0.5, 0.6) is 0 Å². The van der Waals surface area contributed by atoms with Crippen molar-refractivity contribution in [1.29, 1.82) is 0 Å². The van der Waals surface area contributed by atoms with Gasteiger partial charge in [0.2, 0.25) is 0 Å². The van der Waals surface area contributed by atoms with E-state index in [0.29, 0.717) is 18.3 Å². The van der Waals surface area contributed by atoms with Gasteiger partial charge in [-0.05, 0) is 6.42 Å². The molecule has 0 saturated carbocycles. The second kappa shape index (κ2) is 7.32. The van der Waals surface area contributed by atoms with Crippen molar-refractivity contribution in [1.82, 2.24) is 9.78 Å². The number of nitrogens with zero attached hydrogens (tertiary/aromatic N) is 3. The first-order chi connectivity index (χ1) is 8.30. The second-order valence-electron chi connectivity index (χ2n) is 3.58. The van der Waals surface area contributed by atoms with E-state index in [4.69, 9.17) is 0 Å². The molecule has 6 heteroatoms. The van der Waals surface area contributed by atoms with Gasteiger partial charge in [0.05, 0.1) is 11.9 Å². The summed E-state index contributed by atoms with van der Waals surface area (Å²) in [7, 11) is 0. The van der Waals surface area contributed by atoms with Gasteiger partial charge < -0.3 is 0 Å². The maximum Gasteiger partial charge on any atom is 0.173 e. The van der Waals surface area contributed by atoms with Crippen LogP contribution in [0.15, 0.2) is 17.5 Å². The Labute approximate surface area is 99.7 Å². The molecule has 1 heterocycles. The number of rotatable bonds is 8. The summed E-state index contributed by atoms with van der Waals surface area (Å²) in [5.74, 6) is 0. The zero-order valence-electron chi connectivity index (χ0n) is 9.80. The van der Waals surface area contributed by atoms with E-state index >= 15 is 0 Å². The smallest absolute Gasteiger partial charge is 0.173 e. The normalized spacial score (nSPS) is 9.71. The standard InChI is InChI=1S/C11H16N4O2/c1-2-3-4-5-15-7-10(6-12-15)13-14-11(8-16)9-17/h6-9,13H,2-5H2,1H3. The zero-order valence-corrected chi connectivity index (χ0v) is 9.80. The summed E-state index contributed by atoms with van der Waals surface area (Å²) in [4.78, 5) is 20.6. The number of nitrogens with one attached hydrogen (secondary N) is 1. The summed E-state index contributed by atoms with van der Waals surface area (Å²) in [6.07, 6.45) is 7.58. The highest BCUT2D eigenvalue weighted by Crippen LogP contribution is 2.06. The maximum absolute atomic E-state index is 10.3. The molecular formula is C11H16N4O2. The number of aromatic nitrogens is 2. The molecule has 0 atom stereocenters. The lowest BCUT2D eigenvalue weighted by Gasteiger charge is -1.99. The minimum Gasteiger partial charge on any atom is -0.296 e. The van der Waals surface area contributed by atoms with E-state index in [0.717, 1.165) is 13.0 Å². The quantitative estimate of drug-likeness (QED) is 0.242. The van der Waals surface area contributed by atoms with Gasteiger partial charge in [0.1, 0.15) is 0 Å². The Hall–Kier alpha value is -1.98. The van der Waals surface area contributed by atoms with Gasteiger partial charge in [-0.3, -0.25) is 19.7 Å². The molecule has 0 spiro atoms. The fraction of sp³-hybridized carbons (Fsp3) is 0.455. The fourth-order valence-electron chi connectivity index (χ4n) is 1.28. The van der Waals surface area contributed by atoms with Crippen LogP contribution in [0.4, 0.5) is 5.69 Å². The summed E-state index contributed by atoms with van der Waals surface area (Å²) >= 11 is 0. The van der Waals surface area contributed by atoms with Crippen LogP contribution in [0, 0.1) is 0 Å². The highest BCUT2D eigenvalue weighted by atomic mass is 16.1. The molecule has 0 aliphatic heterocycles. The van der Waals surface area contributed by atoms with Crippen molar-refractivity contribution >= 4 is 24.0 Å². The predicted octanol–water partition coefficient (Wildman–Crippen LogP) is 1.24. The Balaban J connectivity index is 2.47. The van der Waals surface area contributed by atoms with Crippen LogP contribution in [-0.4, -0.2) is 28.1 Å². The highest BCUT2D eigenvalue weighted by Gasteiger charge is 1.98. The molecule has 0 bridgehead atoms. The molecule has 1 rings (SSSR count). The lowest BCUT2D eigenvalue weighted by Crippen LogP contribution is -2.04. The molecule has 0 saturated heterocycles. The molecule has 0 aromatic carbocycles. The van der Waals surface area contributed by atoms with Gasteiger partial charge in [-0.25, -0.2) is 0 Å². The number of carbonyl (C=O) groups is 2. The Morgan fingerprint density at radius 2 is 2.24 bits per heavy atom. The van der Waals surface area contributed by atoms with Gasteiger partial charge in [0.15, 0.2) is 18.3 Å². The third kappa shape index (κ3) is 4.58. The third-order valence-electron chi connectivity index (χ3n) is 2.18. The number of aryl methyl sites for hydroxylation is 1. The molecule has 1 aromatic heterocycles. The average Bonchev–Trinajstić information content (AvgIpc) is 2.79. The molecule has 1 N–H and O–H groups in total. The van der Waals surface area contributed by atoms with Crippen LogP contribution in [-0.2, 0) is 16.1 Å². The molecule has 6 nitrogen and oxygen atoms in total. The van der Waals surface area contributed by atoms with E-state index in [1.807, 2.05) is 0 Å². The van der Waals surface area contributed by atoms with Crippen LogP contribution in [0.3, 0.4) is 0 Å². The van der Waals surface area contributed by atoms with Crippen LogP contribution in [0.2, 0.25) is 0 Å². The van der Waals surface area contributed by atoms with Crippen molar-refractivity contribution in [3.63, 3.8) is 0 Å². The van der Waals surface area contributed by atoms with Gasteiger partial charge >= 0.3 is 0 Å². The van der Waals surface area contributed by atoms with Gasteiger partial charge in [0.25, 0.3) is 0 Å². The molecule has 17 heavy (non-hydrogen) atoms. The van der Waals surface area contributed by atoms with E-state index in [9.17, 15) is 9.59 Å². The number of anilines is 1. The molecule has 1 aromatic rings. The van der Waals surface area contributed by atoms with Gasteiger partial charge in [0, 0.05) is 12.7 Å². The lowest BCUT2D eigenvalue weighted by atomic mass is 10.2. The fourth-order valence-corrected chi connectivity index (χ4v) is 1.28. The minimum absolute atomic E-state index is 0.177. The Morgan fingerprint density at radius 3 is 2.88 bits per heavy atom. The second-order valence-corrected chi connectivity index (χ2v) is 3.58. The first-order valence-corrected chi connectivity index (χ1v) is 5.56. The van der Waals surface area contributed by atoms with Crippen molar-refractivity contribution in [2.45, 2.75) is 32.7 Å². The molecule has 0 radical (unpaired) electrons. The molecule has 0 aliphatic carbocycles. The Kier molecular flexibility index (Phi) is 5.63. The Bertz CT molecular complexity index is 388. The van der Waals surface area contributed by atoms with Gasteiger partial charge in [-0.1, -0.05) is 19.8 Å². The zero-order chi connectivity index (χ0) is 12.5. The first kappa shape index (κ1) is 13.1. The van der Waals surface area contributed by atoms with E-state index in [1.165, 1.54) is 12.8 Å². The molecule has 92 valence electrons. The van der Waals surface area contributed by atoms with Crippen molar-refractivity contribution in [2.75, 3.05) is 5.43 Å². The number of hydrogen-bond acceptors (Lipinski definition) is 5. The van der Waals surface area contributed by atoms with Gasteiger partial charge in [-0.15, -0.1) is 0 Å². The molecule has 0 unspecified atom stereocenters. The maximum atomic E-state index is 10.3. The van der Waals surface area contributed by atoms with E-state index in [-0.39, 0.29) is 5.71 Å². The molecule has 0 aliphatic rings. The predicted molar refractivity (Wildman–Crippen MR) is 64.9 cm³/mol. The van der Waals surface area contributed by atoms with Crippen LogP contribution < -0.4 is 5.43 Å². The number of hydrazone groups is 1. The van der Waals surface area contributed by atoms with Crippen molar-refractivity contribution in [3.8, 4) is 0 Å². The van der Waals surface area contributed by atoms with Crippen molar-refractivity contribution in [3.05, 3.63) is 12.4 Å². The summed E-state index contributed by atoms with van der Waals surface area (Å²) in [5.41, 5.74) is 3.08. The summed E-state index contributed by atoms with van der Waals surface area (Å²) in [5, 5.41) is 7.74. The largest absolute Gasteiger partial charge is 0.296 e. The number of carbonyl (C=O) groups excluding carboxylic acids is 2. The third-order valence-corrected chi connectivity index (χ3v) is 2.18. The minimum atomic E-state index is -0.177. The molecule has 0 fully saturated rings. The summed E-state index contributed by atoms with van der Waals surface area (Å²) in [6.45, 7) is 3.00. The van der Waals surface area contributed by atoms with Crippen LogP contribution in [0.1, 0.15) is 26.2 Å². The molecule has 0 amide bonds. The monoisotopic (exact) mass is 236 g/mol. The number of aldehydes is 2. The Morgan fingerprint density at radius 1 is 1.47 bits per heavy atom. The SMILES string of the molecule is CCCCCn1cc(NN=C(C=O)C=O)cn1. The lowest BCUT2D eigenvalue weighted by molar-refractivity contribution is -0.105. The van der Waals surface area contributed by atoms with E-state index in [1.54, 1.807) is 17.1 Å². The van der Waals surface area contributed by atoms with Crippen LogP contribution in [0.25, 0.3) is 0 Å². The average molecular weight is 236 g/mol. The number of hydrogen-bond donors (Lipinski definition) is 1. The van der Waals surface area contributed by atoms with Crippen molar-refractivity contribution in [2.24, 2.45) is 5.10 Å². The topological polar surface area (TPSA) is 76.3 Å². The number of unbranched alkanes of at least 4 members (excludes halogenated alkanes) is 2. The van der Waals surface area contributed by atoms with E-state index < -0.39 is 0 Å². The first-order valence-electron chi connectivity index (χ1n) is 5.56. The van der Waals surface area contributed by atoms with E-state index in [2.05, 4.69) is 22.5 Å². The molecular weight excluding hydrogens is 220 g/mol. The highest BCUT2D eigenvalue weighted by molar-refractivity contribution is 6.53. The summed E-state index contributed by atoms with van der Waals surface area (Å²) < 4.78 is 1.80.